The Morgan fingerprint density at radius 1 is 1.47 bits per heavy atom. The van der Waals surface area contributed by atoms with Crippen LogP contribution in [0.15, 0.2) is 36.9 Å². The molecule has 0 aliphatic heterocycles. The minimum atomic E-state index is -0.377. The minimum absolute atomic E-state index is 0.225. The molecule has 0 fully saturated rings. The maximum atomic E-state index is 13.3. The van der Waals surface area contributed by atoms with E-state index >= 15 is 0 Å². The quantitative estimate of drug-likeness (QED) is 0.893. The zero-order chi connectivity index (χ0) is 13.7. The van der Waals surface area contributed by atoms with E-state index in [1.54, 1.807) is 18.6 Å². The van der Waals surface area contributed by atoms with Crippen molar-refractivity contribution in [2.24, 2.45) is 0 Å². The van der Waals surface area contributed by atoms with Gasteiger partial charge in [-0.25, -0.2) is 9.37 Å². The summed E-state index contributed by atoms with van der Waals surface area (Å²) in [6, 6.07) is 6.55. The fraction of sp³-hybridized carbons (Fsp3) is 0.286. The fourth-order valence-corrected chi connectivity index (χ4v) is 1.88. The molecule has 19 heavy (non-hydrogen) atoms. The number of nitriles is 1. The summed E-state index contributed by atoms with van der Waals surface area (Å²) in [7, 11) is 0. The van der Waals surface area contributed by atoms with Gasteiger partial charge in [-0.15, -0.1) is 0 Å². The first-order valence-electron chi connectivity index (χ1n) is 6.06. The van der Waals surface area contributed by atoms with E-state index in [0.29, 0.717) is 12.1 Å². The van der Waals surface area contributed by atoms with E-state index in [2.05, 4.69) is 10.3 Å². The van der Waals surface area contributed by atoms with Gasteiger partial charge in [-0.2, -0.15) is 5.26 Å². The normalized spacial score (nSPS) is 12.1. The lowest BCUT2D eigenvalue weighted by Gasteiger charge is -2.14. The molecule has 1 aromatic carbocycles. The molecule has 4 nitrogen and oxygen atoms in total. The summed E-state index contributed by atoms with van der Waals surface area (Å²) in [5, 5.41) is 12.1. The van der Waals surface area contributed by atoms with Gasteiger partial charge >= 0.3 is 0 Å². The predicted molar refractivity (Wildman–Crippen MR) is 69.6 cm³/mol. The van der Waals surface area contributed by atoms with E-state index in [1.807, 2.05) is 23.8 Å². The molecule has 98 valence electrons. The highest BCUT2D eigenvalue weighted by molar-refractivity contribution is 5.33. The zero-order valence-electron chi connectivity index (χ0n) is 10.7. The van der Waals surface area contributed by atoms with Crippen LogP contribution in [0, 0.1) is 17.1 Å². The second kappa shape index (κ2) is 6.12. The second-order valence-corrected chi connectivity index (χ2v) is 4.50. The Morgan fingerprint density at radius 3 is 3.00 bits per heavy atom. The third kappa shape index (κ3) is 3.90. The first-order valence-corrected chi connectivity index (χ1v) is 6.06. The van der Waals surface area contributed by atoms with Crippen molar-refractivity contribution >= 4 is 0 Å². The highest BCUT2D eigenvalue weighted by Gasteiger charge is 2.04. The van der Waals surface area contributed by atoms with Crippen molar-refractivity contribution in [3.8, 4) is 6.07 Å². The summed E-state index contributed by atoms with van der Waals surface area (Å²) in [6.07, 6.45) is 5.39. The van der Waals surface area contributed by atoms with Crippen molar-refractivity contribution < 1.29 is 4.39 Å². The van der Waals surface area contributed by atoms with Gasteiger partial charge in [0, 0.05) is 31.5 Å². The Morgan fingerprint density at radius 2 is 2.32 bits per heavy atom. The van der Waals surface area contributed by atoms with E-state index in [4.69, 9.17) is 5.26 Å². The summed E-state index contributed by atoms with van der Waals surface area (Å²) >= 11 is 0. The van der Waals surface area contributed by atoms with Gasteiger partial charge in [-0.05, 0) is 30.7 Å². The molecule has 2 aromatic rings. The molecule has 1 heterocycles. The standard InChI is InChI=1S/C14H15FN4/c1-11(9-19-3-2-17-10-19)18-8-13-4-12(7-16)5-14(15)6-13/h2-6,10-11,18H,8-9H2,1H3. The average Bonchev–Trinajstić information content (AvgIpc) is 2.88. The molecule has 0 aliphatic carbocycles. The SMILES string of the molecule is CC(Cn1ccnc1)NCc1cc(F)cc(C#N)c1. The summed E-state index contributed by atoms with van der Waals surface area (Å²) in [4.78, 5) is 3.98. The molecular weight excluding hydrogens is 243 g/mol. The van der Waals surface area contributed by atoms with Crippen molar-refractivity contribution in [2.45, 2.75) is 26.1 Å². The van der Waals surface area contributed by atoms with Gasteiger partial charge in [0.1, 0.15) is 5.82 Å². The van der Waals surface area contributed by atoms with Crippen molar-refractivity contribution in [2.75, 3.05) is 0 Å². The lowest BCUT2D eigenvalue weighted by Crippen LogP contribution is -2.29. The van der Waals surface area contributed by atoms with Crippen LogP contribution in [0.4, 0.5) is 4.39 Å². The monoisotopic (exact) mass is 258 g/mol. The highest BCUT2D eigenvalue weighted by Crippen LogP contribution is 2.08. The van der Waals surface area contributed by atoms with E-state index < -0.39 is 0 Å². The molecule has 1 unspecified atom stereocenters. The Hall–Kier alpha value is -2.19. The van der Waals surface area contributed by atoms with Crippen molar-refractivity contribution in [3.63, 3.8) is 0 Å². The van der Waals surface area contributed by atoms with Crippen LogP contribution in [0.5, 0.6) is 0 Å². The first kappa shape index (κ1) is 13.2. The molecule has 0 bridgehead atoms. The third-order valence-corrected chi connectivity index (χ3v) is 2.79. The third-order valence-electron chi connectivity index (χ3n) is 2.79. The largest absolute Gasteiger partial charge is 0.336 e. The number of nitrogens with one attached hydrogen (secondary N) is 1. The fourth-order valence-electron chi connectivity index (χ4n) is 1.88. The summed E-state index contributed by atoms with van der Waals surface area (Å²) in [6.45, 7) is 3.37. The Bertz CT molecular complexity index is 572. The van der Waals surface area contributed by atoms with Crippen LogP contribution in [0.3, 0.4) is 0 Å². The van der Waals surface area contributed by atoms with Gasteiger partial charge in [0.15, 0.2) is 0 Å². The van der Waals surface area contributed by atoms with Crippen LogP contribution in [0.1, 0.15) is 18.1 Å². The molecule has 0 amide bonds. The number of hydrogen-bond acceptors (Lipinski definition) is 3. The summed E-state index contributed by atoms with van der Waals surface area (Å²) in [5.41, 5.74) is 1.12. The van der Waals surface area contributed by atoms with Gasteiger partial charge in [0.2, 0.25) is 0 Å². The van der Waals surface area contributed by atoms with Gasteiger partial charge < -0.3 is 9.88 Å². The minimum Gasteiger partial charge on any atom is -0.336 e. The molecule has 0 saturated carbocycles. The van der Waals surface area contributed by atoms with Crippen molar-refractivity contribution in [1.82, 2.24) is 14.9 Å². The van der Waals surface area contributed by atoms with Crippen LogP contribution in [0.25, 0.3) is 0 Å². The molecule has 2 rings (SSSR count). The van der Waals surface area contributed by atoms with Gasteiger partial charge in [-0.1, -0.05) is 0 Å². The summed E-state index contributed by atoms with van der Waals surface area (Å²) in [5.74, 6) is -0.377. The molecule has 1 aromatic heterocycles. The number of nitrogens with zero attached hydrogens (tertiary/aromatic N) is 3. The van der Waals surface area contributed by atoms with Crippen LogP contribution < -0.4 is 5.32 Å². The Labute approximate surface area is 111 Å². The number of imidazole rings is 1. The molecule has 5 heteroatoms. The van der Waals surface area contributed by atoms with Crippen LogP contribution in [-0.4, -0.2) is 15.6 Å². The lowest BCUT2D eigenvalue weighted by molar-refractivity contribution is 0.475. The second-order valence-electron chi connectivity index (χ2n) is 4.50. The number of aromatic nitrogens is 2. The molecule has 0 radical (unpaired) electrons. The number of halogens is 1. The molecule has 1 atom stereocenters. The van der Waals surface area contributed by atoms with E-state index in [9.17, 15) is 4.39 Å². The van der Waals surface area contributed by atoms with Crippen LogP contribution in [-0.2, 0) is 13.1 Å². The number of benzene rings is 1. The molecule has 1 N–H and O–H groups in total. The maximum Gasteiger partial charge on any atom is 0.124 e. The Kier molecular flexibility index (Phi) is 4.26. The van der Waals surface area contributed by atoms with E-state index in [0.717, 1.165) is 12.1 Å². The van der Waals surface area contributed by atoms with E-state index in [-0.39, 0.29) is 11.9 Å². The predicted octanol–water partition coefficient (Wildman–Crippen LogP) is 2.07. The van der Waals surface area contributed by atoms with E-state index in [1.165, 1.54) is 12.1 Å². The molecule has 0 spiro atoms. The van der Waals surface area contributed by atoms with Crippen LogP contribution >= 0.6 is 0 Å². The Balaban J connectivity index is 1.91. The number of hydrogen-bond donors (Lipinski definition) is 1. The zero-order valence-corrected chi connectivity index (χ0v) is 10.7. The molecular formula is C14H15FN4. The maximum absolute atomic E-state index is 13.3. The number of rotatable bonds is 5. The summed E-state index contributed by atoms with van der Waals surface area (Å²) < 4.78 is 15.2. The first-order chi connectivity index (χ1) is 9.17. The molecule has 0 saturated heterocycles. The smallest absolute Gasteiger partial charge is 0.124 e. The highest BCUT2D eigenvalue weighted by atomic mass is 19.1. The van der Waals surface area contributed by atoms with Crippen molar-refractivity contribution in [1.29, 1.82) is 5.26 Å². The van der Waals surface area contributed by atoms with Gasteiger partial charge in [0.25, 0.3) is 0 Å². The lowest BCUT2D eigenvalue weighted by atomic mass is 10.1. The van der Waals surface area contributed by atoms with Crippen molar-refractivity contribution in [3.05, 3.63) is 53.9 Å². The average molecular weight is 258 g/mol. The van der Waals surface area contributed by atoms with Gasteiger partial charge in [-0.3, -0.25) is 0 Å². The van der Waals surface area contributed by atoms with Gasteiger partial charge in [0.05, 0.1) is 18.0 Å². The topological polar surface area (TPSA) is 53.6 Å². The molecule has 0 aliphatic rings. The van der Waals surface area contributed by atoms with Crippen LogP contribution in [0.2, 0.25) is 0 Å².